The van der Waals surface area contributed by atoms with Crippen LogP contribution in [0.3, 0.4) is 0 Å². The summed E-state index contributed by atoms with van der Waals surface area (Å²) in [4.78, 5) is 0. The SMILES string of the molecule is C=C(C)C1C=c2ccccc2=C1. The summed E-state index contributed by atoms with van der Waals surface area (Å²) in [5.41, 5.74) is 1.21. The van der Waals surface area contributed by atoms with Gasteiger partial charge in [-0.1, -0.05) is 48.6 Å². The Morgan fingerprint density at radius 1 is 1.17 bits per heavy atom. The molecule has 1 aliphatic carbocycles. The van der Waals surface area contributed by atoms with Crippen molar-refractivity contribution < 1.29 is 0 Å². The number of rotatable bonds is 1. The highest BCUT2D eigenvalue weighted by molar-refractivity contribution is 5.55. The zero-order chi connectivity index (χ0) is 8.55. The van der Waals surface area contributed by atoms with E-state index in [4.69, 9.17) is 0 Å². The van der Waals surface area contributed by atoms with Gasteiger partial charge in [0.05, 0.1) is 0 Å². The molecule has 0 aromatic heterocycles. The minimum absolute atomic E-state index is 0.447. The van der Waals surface area contributed by atoms with Crippen LogP contribution in [-0.4, -0.2) is 0 Å². The van der Waals surface area contributed by atoms with Crippen molar-refractivity contribution >= 4 is 12.2 Å². The molecule has 0 saturated heterocycles. The largest absolute Gasteiger partial charge is 0.0992 e. The van der Waals surface area contributed by atoms with Gasteiger partial charge in [-0.3, -0.25) is 0 Å². The van der Waals surface area contributed by atoms with Crippen LogP contribution in [0.25, 0.3) is 12.2 Å². The Kier molecular flexibility index (Phi) is 1.61. The maximum atomic E-state index is 3.96. The Bertz CT molecular complexity index is 389. The standard InChI is InChI=1S/C12H12/c1-9(2)12-7-10-5-3-4-6-11(10)8-12/h3-8,12H,1H2,2H3. The number of hydrogen-bond acceptors (Lipinski definition) is 0. The highest BCUT2D eigenvalue weighted by atomic mass is 14.1. The van der Waals surface area contributed by atoms with Gasteiger partial charge in [0, 0.05) is 5.92 Å². The fourth-order valence-electron chi connectivity index (χ4n) is 1.53. The first-order valence-corrected chi connectivity index (χ1v) is 4.21. The van der Waals surface area contributed by atoms with Crippen LogP contribution in [0.15, 0.2) is 36.4 Å². The second-order valence-electron chi connectivity index (χ2n) is 3.33. The van der Waals surface area contributed by atoms with Crippen molar-refractivity contribution in [3.8, 4) is 0 Å². The maximum absolute atomic E-state index is 3.96. The van der Waals surface area contributed by atoms with Crippen LogP contribution in [-0.2, 0) is 0 Å². The van der Waals surface area contributed by atoms with Crippen molar-refractivity contribution in [3.05, 3.63) is 46.9 Å². The monoisotopic (exact) mass is 156 g/mol. The van der Waals surface area contributed by atoms with E-state index in [0.717, 1.165) is 0 Å². The number of hydrogen-bond donors (Lipinski definition) is 0. The van der Waals surface area contributed by atoms with Crippen molar-refractivity contribution in [3.63, 3.8) is 0 Å². The van der Waals surface area contributed by atoms with Gasteiger partial charge in [0.15, 0.2) is 0 Å². The molecule has 0 fully saturated rings. The number of allylic oxidation sites excluding steroid dienone is 1. The lowest BCUT2D eigenvalue weighted by atomic mass is 10.0. The molecule has 1 aromatic carbocycles. The number of fused-ring (bicyclic) bond motifs is 1. The Hall–Kier alpha value is -1.30. The lowest BCUT2D eigenvalue weighted by Crippen LogP contribution is -2.19. The van der Waals surface area contributed by atoms with E-state index in [1.807, 2.05) is 0 Å². The summed E-state index contributed by atoms with van der Waals surface area (Å²) >= 11 is 0. The summed E-state index contributed by atoms with van der Waals surface area (Å²) in [6.45, 7) is 6.03. The van der Waals surface area contributed by atoms with Gasteiger partial charge in [0.25, 0.3) is 0 Å². The van der Waals surface area contributed by atoms with E-state index >= 15 is 0 Å². The van der Waals surface area contributed by atoms with E-state index in [2.05, 4.69) is 49.9 Å². The second kappa shape index (κ2) is 2.63. The molecule has 2 rings (SSSR count). The van der Waals surface area contributed by atoms with Crippen LogP contribution in [0.4, 0.5) is 0 Å². The van der Waals surface area contributed by atoms with Crippen LogP contribution in [0, 0.1) is 5.92 Å². The third-order valence-electron chi connectivity index (χ3n) is 2.28. The molecule has 1 aliphatic rings. The Balaban J connectivity index is 2.60. The minimum atomic E-state index is 0.447. The molecule has 0 saturated carbocycles. The highest BCUT2D eigenvalue weighted by Gasteiger charge is 2.05. The summed E-state index contributed by atoms with van der Waals surface area (Å²) in [5, 5.41) is 2.68. The third kappa shape index (κ3) is 1.10. The quantitative estimate of drug-likeness (QED) is 0.540. The Morgan fingerprint density at radius 3 is 2.08 bits per heavy atom. The van der Waals surface area contributed by atoms with E-state index in [0.29, 0.717) is 5.92 Å². The predicted octanol–water partition coefficient (Wildman–Crippen LogP) is 1.45. The van der Waals surface area contributed by atoms with E-state index in [-0.39, 0.29) is 0 Å². The summed E-state index contributed by atoms with van der Waals surface area (Å²) in [6.07, 6.45) is 4.52. The van der Waals surface area contributed by atoms with Crippen LogP contribution >= 0.6 is 0 Å². The van der Waals surface area contributed by atoms with Crippen LogP contribution < -0.4 is 10.4 Å². The van der Waals surface area contributed by atoms with Gasteiger partial charge >= 0.3 is 0 Å². The first-order chi connectivity index (χ1) is 5.77. The first kappa shape index (κ1) is 7.35. The highest BCUT2D eigenvalue weighted by Crippen LogP contribution is 2.12. The van der Waals surface area contributed by atoms with Gasteiger partial charge in [0.1, 0.15) is 0 Å². The van der Waals surface area contributed by atoms with Crippen molar-refractivity contribution in [1.29, 1.82) is 0 Å². The fraction of sp³-hybridized carbons (Fsp3) is 0.167. The fourth-order valence-corrected chi connectivity index (χ4v) is 1.53. The Morgan fingerprint density at radius 2 is 1.67 bits per heavy atom. The van der Waals surface area contributed by atoms with E-state index in [1.54, 1.807) is 0 Å². The topological polar surface area (TPSA) is 0 Å². The van der Waals surface area contributed by atoms with Gasteiger partial charge in [-0.25, -0.2) is 0 Å². The minimum Gasteiger partial charge on any atom is -0.0992 e. The molecule has 0 amide bonds. The lowest BCUT2D eigenvalue weighted by Gasteiger charge is -2.00. The normalized spacial score (nSPS) is 14.8. The molecular weight excluding hydrogens is 144 g/mol. The predicted molar refractivity (Wildman–Crippen MR) is 52.9 cm³/mol. The van der Waals surface area contributed by atoms with Gasteiger partial charge < -0.3 is 0 Å². The summed E-state index contributed by atoms with van der Waals surface area (Å²) in [5.74, 6) is 0.447. The zero-order valence-corrected chi connectivity index (χ0v) is 7.25. The van der Waals surface area contributed by atoms with Crippen LogP contribution in [0.1, 0.15) is 6.92 Å². The zero-order valence-electron chi connectivity index (χ0n) is 7.25. The van der Waals surface area contributed by atoms with Gasteiger partial charge in [-0.2, -0.15) is 0 Å². The summed E-state index contributed by atoms with van der Waals surface area (Å²) in [7, 11) is 0. The van der Waals surface area contributed by atoms with Gasteiger partial charge in [-0.05, 0) is 17.4 Å². The summed E-state index contributed by atoms with van der Waals surface area (Å²) < 4.78 is 0. The van der Waals surface area contributed by atoms with E-state index in [9.17, 15) is 0 Å². The molecule has 60 valence electrons. The maximum Gasteiger partial charge on any atom is 0.0170 e. The molecule has 1 aromatic rings. The van der Waals surface area contributed by atoms with Crippen LogP contribution in [0.2, 0.25) is 0 Å². The average molecular weight is 156 g/mol. The van der Waals surface area contributed by atoms with E-state index < -0.39 is 0 Å². The molecule has 0 bridgehead atoms. The van der Waals surface area contributed by atoms with Crippen molar-refractivity contribution in [2.75, 3.05) is 0 Å². The molecule has 0 atom stereocenters. The van der Waals surface area contributed by atoms with Gasteiger partial charge in [-0.15, -0.1) is 0 Å². The molecule has 0 aliphatic heterocycles. The average Bonchev–Trinajstić information content (AvgIpc) is 2.46. The molecule has 0 heterocycles. The van der Waals surface area contributed by atoms with Crippen molar-refractivity contribution in [2.45, 2.75) is 6.92 Å². The van der Waals surface area contributed by atoms with Crippen LogP contribution in [0.5, 0.6) is 0 Å². The molecule has 0 radical (unpaired) electrons. The molecule has 0 heteroatoms. The van der Waals surface area contributed by atoms with E-state index in [1.165, 1.54) is 16.0 Å². The first-order valence-electron chi connectivity index (χ1n) is 4.21. The third-order valence-corrected chi connectivity index (χ3v) is 2.28. The van der Waals surface area contributed by atoms with Crippen molar-refractivity contribution in [2.24, 2.45) is 5.92 Å². The molecule has 0 nitrogen and oxygen atoms in total. The number of benzene rings is 1. The molecule has 12 heavy (non-hydrogen) atoms. The van der Waals surface area contributed by atoms with Gasteiger partial charge in [0.2, 0.25) is 0 Å². The second-order valence-corrected chi connectivity index (χ2v) is 3.33. The van der Waals surface area contributed by atoms with Crippen molar-refractivity contribution in [1.82, 2.24) is 0 Å². The Labute approximate surface area is 72.5 Å². The summed E-state index contributed by atoms with van der Waals surface area (Å²) in [6, 6.07) is 8.44. The molecule has 0 N–H and O–H groups in total. The smallest absolute Gasteiger partial charge is 0.0170 e. The lowest BCUT2D eigenvalue weighted by molar-refractivity contribution is 1.10. The molecular formula is C12H12. The molecule has 0 spiro atoms. The molecule has 0 unspecified atom stereocenters.